The summed E-state index contributed by atoms with van der Waals surface area (Å²) in [5.74, 6) is -5.33. The predicted molar refractivity (Wildman–Crippen MR) is 176 cm³/mol. The van der Waals surface area contributed by atoms with Gasteiger partial charge in [-0.05, 0) is 81.0 Å². The van der Waals surface area contributed by atoms with Gasteiger partial charge in [0.1, 0.15) is 22.6 Å². The van der Waals surface area contributed by atoms with Crippen LogP contribution in [-0.4, -0.2) is 75.4 Å². The highest BCUT2D eigenvalue weighted by molar-refractivity contribution is 6.01. The minimum absolute atomic E-state index is 0.143. The summed E-state index contributed by atoms with van der Waals surface area (Å²) in [6.45, 7) is 10.8. The molecule has 0 bridgehead atoms. The number of carbonyl (C=O) groups is 4. The van der Waals surface area contributed by atoms with Crippen molar-refractivity contribution in [2.45, 2.75) is 58.7 Å². The number of morpholine rings is 1. The molecule has 2 amide bonds. The van der Waals surface area contributed by atoms with Gasteiger partial charge in [0.2, 0.25) is 0 Å². The molecule has 1 aliphatic carbocycles. The number of nitrogens with zero attached hydrogens (tertiary/aromatic N) is 3. The first kappa shape index (κ1) is 36.0. The number of fused-ring (bicyclic) bond motifs is 2. The summed E-state index contributed by atoms with van der Waals surface area (Å²) in [5.41, 5.74) is 1.59. The van der Waals surface area contributed by atoms with Gasteiger partial charge in [-0.15, -0.1) is 0 Å². The Balaban J connectivity index is 0.000000732. The van der Waals surface area contributed by atoms with E-state index in [1.54, 1.807) is 32.9 Å². The van der Waals surface area contributed by atoms with Gasteiger partial charge in [0, 0.05) is 25.7 Å². The quantitative estimate of drug-likeness (QED) is 0.208. The lowest BCUT2D eigenvalue weighted by atomic mass is 9.97. The molecule has 1 aliphatic heterocycles. The van der Waals surface area contributed by atoms with E-state index in [4.69, 9.17) is 9.47 Å². The molecule has 1 atom stereocenters. The van der Waals surface area contributed by atoms with Gasteiger partial charge in [0.05, 0.1) is 31.0 Å². The zero-order valence-electron chi connectivity index (χ0n) is 28.1. The van der Waals surface area contributed by atoms with E-state index < -0.39 is 47.0 Å². The lowest BCUT2D eigenvalue weighted by molar-refractivity contribution is 0.00681. The largest absolute Gasteiger partial charge is 0.477 e. The summed E-state index contributed by atoms with van der Waals surface area (Å²) in [6, 6.07) is 7.33. The van der Waals surface area contributed by atoms with Crippen LogP contribution in [0.15, 0.2) is 42.6 Å². The number of hydrogen-bond acceptors (Lipinski definition) is 9. The van der Waals surface area contributed by atoms with Gasteiger partial charge in [-0.25, -0.2) is 27.9 Å². The standard InChI is InChI=1S/C31H29F2N5O6.C4H9NO/c1-15-17-8-10-23(19(17)7-6-18(15)30(43)44-31(2,3)4)37-28(40)25-12-24(36-26-20(29(41)42)14-35-38(25)26)27(39)34-13-16-5-9-21(32)22(33)11-16;1-3-6-4-2-5-1/h5-7,9,11-12,14,23H,8,10,13H2,1-4H3,(H,34,39)(H,37,40)(H,41,42);5H,1-4H2/t23-;/m0./s1. The number of carbonyl (C=O) groups excluding carboxylic acids is 3. The van der Waals surface area contributed by atoms with Crippen LogP contribution in [0.5, 0.6) is 0 Å². The molecule has 264 valence electrons. The SMILES string of the molecule is C1COCCN1.Cc1c(C(=O)OC(C)(C)C)ccc2c1CC[C@@H]2NC(=O)c1cc(C(=O)NCc2ccc(F)c(F)c2)nc2c(C(=O)O)cnn12. The molecule has 13 nitrogen and oxygen atoms in total. The average Bonchev–Trinajstić information content (AvgIpc) is 3.70. The summed E-state index contributed by atoms with van der Waals surface area (Å²) < 4.78 is 38.4. The summed E-state index contributed by atoms with van der Waals surface area (Å²) in [4.78, 5) is 55.3. The molecular formula is C35H38F2N6O7. The number of amides is 2. The third-order valence-corrected chi connectivity index (χ3v) is 8.07. The van der Waals surface area contributed by atoms with Gasteiger partial charge < -0.3 is 30.5 Å². The van der Waals surface area contributed by atoms with Crippen LogP contribution in [0.25, 0.3) is 5.65 Å². The molecule has 0 unspecified atom stereocenters. The maximum absolute atomic E-state index is 13.6. The number of nitrogens with one attached hydrogen (secondary N) is 3. The summed E-state index contributed by atoms with van der Waals surface area (Å²) >= 11 is 0. The fourth-order valence-corrected chi connectivity index (χ4v) is 5.65. The van der Waals surface area contributed by atoms with Crippen LogP contribution in [0, 0.1) is 18.6 Å². The van der Waals surface area contributed by atoms with E-state index in [-0.39, 0.29) is 34.7 Å². The van der Waals surface area contributed by atoms with Crippen LogP contribution in [0.4, 0.5) is 8.78 Å². The molecular weight excluding hydrogens is 654 g/mol. The maximum atomic E-state index is 13.6. The second kappa shape index (κ2) is 15.1. The van der Waals surface area contributed by atoms with Gasteiger partial charge in [0.25, 0.3) is 11.8 Å². The fraction of sp³-hybridized carbons (Fsp3) is 0.371. The molecule has 2 aliphatic rings. The van der Waals surface area contributed by atoms with Crippen molar-refractivity contribution in [2.75, 3.05) is 26.3 Å². The molecule has 4 N–H and O–H groups in total. The Hall–Kier alpha value is -5.28. The van der Waals surface area contributed by atoms with Crippen molar-refractivity contribution in [3.63, 3.8) is 0 Å². The van der Waals surface area contributed by atoms with Crippen molar-refractivity contribution >= 4 is 29.4 Å². The summed E-state index contributed by atoms with van der Waals surface area (Å²) in [7, 11) is 0. The Bertz CT molecular complexity index is 1940. The summed E-state index contributed by atoms with van der Waals surface area (Å²) in [5, 5.41) is 22.3. The monoisotopic (exact) mass is 692 g/mol. The smallest absolute Gasteiger partial charge is 0.341 e. The number of esters is 1. The Labute approximate surface area is 286 Å². The first-order chi connectivity index (χ1) is 23.7. The first-order valence-corrected chi connectivity index (χ1v) is 16.0. The predicted octanol–water partition coefficient (Wildman–Crippen LogP) is 3.92. The van der Waals surface area contributed by atoms with E-state index in [1.165, 1.54) is 12.1 Å². The normalized spacial score (nSPS) is 15.4. The molecule has 0 spiro atoms. The van der Waals surface area contributed by atoms with Crippen molar-refractivity contribution in [2.24, 2.45) is 0 Å². The van der Waals surface area contributed by atoms with Crippen molar-refractivity contribution < 1.29 is 42.5 Å². The number of hydrogen-bond donors (Lipinski definition) is 4. The van der Waals surface area contributed by atoms with E-state index in [2.05, 4.69) is 26.0 Å². The minimum Gasteiger partial charge on any atom is -0.477 e. The minimum atomic E-state index is -1.36. The third-order valence-electron chi connectivity index (χ3n) is 8.07. The van der Waals surface area contributed by atoms with Crippen LogP contribution in [0.1, 0.15) is 97.2 Å². The van der Waals surface area contributed by atoms with Crippen LogP contribution in [0.3, 0.4) is 0 Å². The number of ether oxygens (including phenoxy) is 2. The molecule has 2 aromatic heterocycles. The van der Waals surface area contributed by atoms with Gasteiger partial charge >= 0.3 is 11.9 Å². The van der Waals surface area contributed by atoms with E-state index in [9.17, 15) is 33.1 Å². The van der Waals surface area contributed by atoms with Gasteiger partial charge in [-0.2, -0.15) is 5.10 Å². The number of rotatable bonds is 7. The lowest BCUT2D eigenvalue weighted by Gasteiger charge is -2.21. The topological polar surface area (TPSA) is 173 Å². The Morgan fingerprint density at radius 2 is 1.78 bits per heavy atom. The van der Waals surface area contributed by atoms with E-state index >= 15 is 0 Å². The molecule has 50 heavy (non-hydrogen) atoms. The Morgan fingerprint density at radius 1 is 1.04 bits per heavy atom. The van der Waals surface area contributed by atoms with Crippen molar-refractivity contribution in [1.29, 1.82) is 0 Å². The second-order valence-electron chi connectivity index (χ2n) is 12.8. The molecule has 1 saturated heterocycles. The van der Waals surface area contributed by atoms with E-state index in [1.807, 2.05) is 6.92 Å². The zero-order valence-corrected chi connectivity index (χ0v) is 28.1. The number of halogens is 2. The molecule has 3 heterocycles. The molecule has 4 aromatic rings. The lowest BCUT2D eigenvalue weighted by Crippen LogP contribution is -2.31. The summed E-state index contributed by atoms with van der Waals surface area (Å²) in [6.07, 6.45) is 2.16. The molecule has 15 heteroatoms. The van der Waals surface area contributed by atoms with Gasteiger partial charge in [-0.1, -0.05) is 12.1 Å². The van der Waals surface area contributed by atoms with E-state index in [0.717, 1.165) is 65.8 Å². The average molecular weight is 693 g/mol. The number of carboxylic acid groups (broad SMARTS) is 1. The molecule has 1 fully saturated rings. The Kier molecular flexibility index (Phi) is 10.9. The Morgan fingerprint density at radius 3 is 2.40 bits per heavy atom. The van der Waals surface area contributed by atoms with Crippen LogP contribution >= 0.6 is 0 Å². The highest BCUT2D eigenvalue weighted by atomic mass is 19.2. The first-order valence-electron chi connectivity index (χ1n) is 16.0. The fourth-order valence-electron chi connectivity index (χ4n) is 5.65. The van der Waals surface area contributed by atoms with E-state index in [0.29, 0.717) is 18.4 Å². The second-order valence-corrected chi connectivity index (χ2v) is 12.8. The van der Waals surface area contributed by atoms with Crippen molar-refractivity contribution in [3.05, 3.63) is 99.0 Å². The third kappa shape index (κ3) is 8.29. The van der Waals surface area contributed by atoms with Crippen LogP contribution < -0.4 is 16.0 Å². The van der Waals surface area contributed by atoms with Gasteiger partial charge in [0.15, 0.2) is 17.3 Å². The highest BCUT2D eigenvalue weighted by Crippen LogP contribution is 2.35. The van der Waals surface area contributed by atoms with Crippen LogP contribution in [-0.2, 0) is 22.4 Å². The number of benzene rings is 2. The van der Waals surface area contributed by atoms with Crippen molar-refractivity contribution in [1.82, 2.24) is 30.5 Å². The molecule has 0 saturated carbocycles. The highest BCUT2D eigenvalue weighted by Gasteiger charge is 2.30. The molecule has 6 rings (SSSR count). The zero-order chi connectivity index (χ0) is 36.2. The van der Waals surface area contributed by atoms with Crippen molar-refractivity contribution in [3.8, 4) is 0 Å². The van der Waals surface area contributed by atoms with Gasteiger partial charge in [-0.3, -0.25) is 9.59 Å². The molecule has 2 aromatic carbocycles. The number of carboxylic acids is 1. The number of aromatic carboxylic acids is 1. The maximum Gasteiger partial charge on any atom is 0.341 e. The number of aromatic nitrogens is 3. The van der Waals surface area contributed by atoms with Crippen LogP contribution in [0.2, 0.25) is 0 Å². The molecule has 0 radical (unpaired) electrons.